The fraction of sp³-hybridized carbons (Fsp3) is 0.364. The number of hydrogen-bond donors (Lipinski definition) is 1. The molecule has 0 aliphatic rings. The van der Waals surface area contributed by atoms with E-state index in [1.807, 2.05) is 48.0 Å². The summed E-state index contributed by atoms with van der Waals surface area (Å²) in [6.07, 6.45) is 10.6. The van der Waals surface area contributed by atoms with Crippen molar-refractivity contribution in [1.82, 2.24) is 9.55 Å². The van der Waals surface area contributed by atoms with Crippen molar-refractivity contribution in [2.24, 2.45) is 7.05 Å². The number of hydrogen-bond acceptors (Lipinski definition) is 3. The Kier molecular flexibility index (Phi) is 8.36. The zero-order valence-electron chi connectivity index (χ0n) is 16.1. The van der Waals surface area contributed by atoms with Gasteiger partial charge in [0.05, 0.1) is 18.5 Å². The summed E-state index contributed by atoms with van der Waals surface area (Å²) in [7, 11) is 1.89. The Morgan fingerprint density at radius 2 is 1.93 bits per heavy atom. The highest BCUT2D eigenvalue weighted by Gasteiger charge is 2.14. The van der Waals surface area contributed by atoms with Crippen LogP contribution in [0.3, 0.4) is 0 Å². The van der Waals surface area contributed by atoms with Crippen LogP contribution < -0.4 is 10.1 Å². The average Bonchev–Trinajstić information content (AvgIpc) is 3.02. The van der Waals surface area contributed by atoms with Crippen LogP contribution >= 0.6 is 0 Å². The average molecular weight is 367 g/mol. The Bertz CT molecular complexity index is 765. The number of unbranched alkanes of at least 4 members (excludes halogenated alkanes) is 3. The number of imidazole rings is 1. The van der Waals surface area contributed by atoms with Crippen LogP contribution in [0.1, 0.15) is 38.5 Å². The molecule has 0 saturated heterocycles. The number of anilines is 1. The molecule has 5 heteroatoms. The first-order valence-corrected chi connectivity index (χ1v) is 9.43. The van der Waals surface area contributed by atoms with E-state index in [1.54, 1.807) is 6.20 Å². The summed E-state index contributed by atoms with van der Waals surface area (Å²) in [4.78, 5) is 16.4. The first kappa shape index (κ1) is 20.5. The fourth-order valence-electron chi connectivity index (χ4n) is 2.75. The summed E-state index contributed by atoms with van der Waals surface area (Å²) in [5, 5.41) is 2.87. The summed E-state index contributed by atoms with van der Waals surface area (Å²) in [5.74, 6) is 1.32. The van der Waals surface area contributed by atoms with Crippen LogP contribution in [0, 0.1) is 0 Å². The monoisotopic (exact) mass is 367 g/mol. The van der Waals surface area contributed by atoms with Crippen molar-refractivity contribution in [2.75, 3.05) is 11.9 Å². The van der Waals surface area contributed by atoms with E-state index in [1.165, 1.54) is 0 Å². The molecule has 2 aromatic rings. The number of aromatic nitrogens is 2. The van der Waals surface area contributed by atoms with Gasteiger partial charge in [-0.1, -0.05) is 24.3 Å². The lowest BCUT2D eigenvalue weighted by atomic mass is 10.1. The summed E-state index contributed by atoms with van der Waals surface area (Å²) in [6.45, 7) is 8.07. The molecule has 1 N–H and O–H groups in total. The van der Waals surface area contributed by atoms with Crippen molar-refractivity contribution in [3.05, 3.63) is 55.8 Å². The van der Waals surface area contributed by atoms with Gasteiger partial charge in [-0.2, -0.15) is 0 Å². The Morgan fingerprint density at radius 3 is 2.70 bits per heavy atom. The van der Waals surface area contributed by atoms with Gasteiger partial charge < -0.3 is 9.30 Å². The van der Waals surface area contributed by atoms with Gasteiger partial charge in [0.25, 0.3) is 0 Å². The number of carbonyl (C=O) groups is 1. The van der Waals surface area contributed by atoms with Gasteiger partial charge >= 0.3 is 0 Å². The van der Waals surface area contributed by atoms with Gasteiger partial charge in [0.15, 0.2) is 0 Å². The molecular formula is C22H29N3O2. The van der Waals surface area contributed by atoms with Gasteiger partial charge in [0, 0.05) is 19.0 Å². The number of para-hydroxylation sites is 1. The molecule has 0 saturated carbocycles. The molecule has 0 aliphatic heterocycles. The Hall–Kier alpha value is -2.82. The van der Waals surface area contributed by atoms with Crippen LogP contribution in [0.15, 0.2) is 55.8 Å². The van der Waals surface area contributed by atoms with E-state index in [0.717, 1.165) is 49.1 Å². The van der Waals surface area contributed by atoms with E-state index in [2.05, 4.69) is 23.5 Å². The number of benzene rings is 1. The van der Waals surface area contributed by atoms with Crippen LogP contribution in [0.5, 0.6) is 5.75 Å². The highest BCUT2D eigenvalue weighted by Crippen LogP contribution is 2.31. The zero-order valence-corrected chi connectivity index (χ0v) is 16.1. The van der Waals surface area contributed by atoms with Crippen molar-refractivity contribution in [3.63, 3.8) is 0 Å². The third kappa shape index (κ3) is 6.13. The van der Waals surface area contributed by atoms with E-state index in [9.17, 15) is 4.79 Å². The largest absolute Gasteiger partial charge is 0.493 e. The summed E-state index contributed by atoms with van der Waals surface area (Å²) in [6, 6.07) is 7.90. The van der Waals surface area contributed by atoms with Crippen LogP contribution in [0.4, 0.5) is 5.95 Å². The second-order valence-electron chi connectivity index (χ2n) is 6.38. The second kappa shape index (κ2) is 11.0. The molecule has 0 aliphatic carbocycles. The number of rotatable bonds is 12. The minimum atomic E-state index is -0.0381. The number of allylic oxidation sites excluding steroid dienone is 2. The topological polar surface area (TPSA) is 56.1 Å². The number of nitrogens with zero attached hydrogens (tertiary/aromatic N) is 2. The van der Waals surface area contributed by atoms with Crippen LogP contribution in [0.25, 0.3) is 11.3 Å². The van der Waals surface area contributed by atoms with Gasteiger partial charge in [-0.25, -0.2) is 4.98 Å². The van der Waals surface area contributed by atoms with Gasteiger partial charge in [0.2, 0.25) is 11.9 Å². The molecule has 1 amide bonds. The van der Waals surface area contributed by atoms with Gasteiger partial charge in [-0.15, -0.1) is 13.2 Å². The lowest BCUT2D eigenvalue weighted by molar-refractivity contribution is -0.116. The van der Waals surface area contributed by atoms with Crippen LogP contribution in [0.2, 0.25) is 0 Å². The highest BCUT2D eigenvalue weighted by molar-refractivity contribution is 5.89. The van der Waals surface area contributed by atoms with E-state index >= 15 is 0 Å². The number of ether oxygens (including phenoxy) is 1. The Morgan fingerprint density at radius 1 is 1.19 bits per heavy atom. The maximum absolute atomic E-state index is 12.0. The van der Waals surface area contributed by atoms with Crippen molar-refractivity contribution in [2.45, 2.75) is 38.5 Å². The van der Waals surface area contributed by atoms with Gasteiger partial charge in [0.1, 0.15) is 5.75 Å². The van der Waals surface area contributed by atoms with Crippen molar-refractivity contribution >= 4 is 11.9 Å². The summed E-state index contributed by atoms with van der Waals surface area (Å²) in [5.41, 5.74) is 1.86. The molecule has 144 valence electrons. The van der Waals surface area contributed by atoms with Gasteiger partial charge in [-0.05, 0) is 44.2 Å². The minimum Gasteiger partial charge on any atom is -0.493 e. The molecule has 27 heavy (non-hydrogen) atoms. The standard InChI is InChI=1S/C22H29N3O2/c1-4-6-8-12-16-27-20-14-11-10-13-18(20)19-17-23-22(25(19)3)24-21(26)15-9-7-5-2/h4-5,10-11,13-14,17H,1-2,6-9,12,15-16H2,3H3,(H,23,24,26). The molecule has 0 spiro atoms. The van der Waals surface area contributed by atoms with Gasteiger partial charge in [-0.3, -0.25) is 10.1 Å². The molecule has 0 unspecified atom stereocenters. The number of nitrogens with one attached hydrogen (secondary N) is 1. The predicted octanol–water partition coefficient (Wildman–Crippen LogP) is 5.12. The molecule has 0 atom stereocenters. The molecule has 0 bridgehead atoms. The minimum absolute atomic E-state index is 0.0381. The van der Waals surface area contributed by atoms with E-state index < -0.39 is 0 Å². The zero-order chi connectivity index (χ0) is 19.5. The summed E-state index contributed by atoms with van der Waals surface area (Å²) >= 11 is 0. The SMILES string of the molecule is C=CCCCCOc1ccccc1-c1cnc(NC(=O)CCCC=C)n1C. The van der Waals surface area contributed by atoms with Crippen molar-refractivity contribution in [1.29, 1.82) is 0 Å². The second-order valence-corrected chi connectivity index (χ2v) is 6.38. The lowest BCUT2D eigenvalue weighted by Crippen LogP contribution is -2.14. The quantitative estimate of drug-likeness (QED) is 0.418. The first-order valence-electron chi connectivity index (χ1n) is 9.43. The molecule has 5 nitrogen and oxygen atoms in total. The third-order valence-corrected chi connectivity index (χ3v) is 4.27. The third-order valence-electron chi connectivity index (χ3n) is 4.27. The van der Waals surface area contributed by atoms with Crippen LogP contribution in [-0.2, 0) is 11.8 Å². The Labute approximate surface area is 161 Å². The van der Waals surface area contributed by atoms with E-state index in [-0.39, 0.29) is 5.91 Å². The molecule has 1 heterocycles. The molecular weight excluding hydrogens is 338 g/mol. The molecule has 2 rings (SSSR count). The van der Waals surface area contributed by atoms with Crippen molar-refractivity contribution < 1.29 is 9.53 Å². The molecule has 0 fully saturated rings. The van der Waals surface area contributed by atoms with E-state index in [4.69, 9.17) is 4.74 Å². The maximum atomic E-state index is 12.0. The Balaban J connectivity index is 2.06. The highest BCUT2D eigenvalue weighted by atomic mass is 16.5. The number of carbonyl (C=O) groups excluding carboxylic acids is 1. The number of amides is 1. The molecule has 1 aromatic carbocycles. The smallest absolute Gasteiger partial charge is 0.226 e. The van der Waals surface area contributed by atoms with Crippen LogP contribution in [-0.4, -0.2) is 22.1 Å². The maximum Gasteiger partial charge on any atom is 0.226 e. The lowest BCUT2D eigenvalue weighted by Gasteiger charge is -2.12. The summed E-state index contributed by atoms with van der Waals surface area (Å²) < 4.78 is 7.86. The molecule has 0 radical (unpaired) electrons. The van der Waals surface area contributed by atoms with Crippen molar-refractivity contribution in [3.8, 4) is 17.0 Å². The molecule has 1 aromatic heterocycles. The fourth-order valence-corrected chi connectivity index (χ4v) is 2.75. The van der Waals surface area contributed by atoms with E-state index in [0.29, 0.717) is 19.0 Å². The normalized spacial score (nSPS) is 10.4. The first-order chi connectivity index (χ1) is 13.2. The predicted molar refractivity (Wildman–Crippen MR) is 111 cm³/mol.